The molecule has 0 unspecified atom stereocenters. The molecule has 0 aromatic heterocycles. The van der Waals surface area contributed by atoms with E-state index in [0.717, 1.165) is 12.1 Å². The van der Waals surface area contributed by atoms with Crippen molar-refractivity contribution in [1.82, 2.24) is 0 Å². The van der Waals surface area contributed by atoms with Gasteiger partial charge in [0.2, 0.25) is 0 Å². The highest BCUT2D eigenvalue weighted by molar-refractivity contribution is 6.36. The summed E-state index contributed by atoms with van der Waals surface area (Å²) in [5, 5.41) is 3.19. The third-order valence-electron chi connectivity index (χ3n) is 2.62. The Labute approximate surface area is 135 Å². The first-order chi connectivity index (χ1) is 10.5. The summed E-state index contributed by atoms with van der Waals surface area (Å²) in [7, 11) is 0. The summed E-state index contributed by atoms with van der Waals surface area (Å²) in [4.78, 5) is 23.4. The molecule has 0 heterocycles. The average molecular weight is 342 g/mol. The Balaban J connectivity index is 1.89. The molecule has 0 bridgehead atoms. The largest absolute Gasteiger partial charge is 0.452 e. The molecule has 4 nitrogen and oxygen atoms in total. The van der Waals surface area contributed by atoms with Crippen LogP contribution in [0.4, 0.5) is 10.1 Å². The summed E-state index contributed by atoms with van der Waals surface area (Å²) in [6.07, 6.45) is 0. The molecular weight excluding hydrogens is 332 g/mol. The number of amides is 1. The van der Waals surface area contributed by atoms with Gasteiger partial charge in [-0.05, 0) is 42.5 Å². The van der Waals surface area contributed by atoms with Crippen molar-refractivity contribution >= 4 is 40.8 Å². The minimum Gasteiger partial charge on any atom is -0.452 e. The number of esters is 1. The van der Waals surface area contributed by atoms with E-state index in [1.165, 1.54) is 24.3 Å². The van der Waals surface area contributed by atoms with Crippen LogP contribution in [0.2, 0.25) is 10.0 Å². The van der Waals surface area contributed by atoms with E-state index in [1.54, 1.807) is 6.07 Å². The number of hydrogen-bond donors (Lipinski definition) is 1. The molecule has 1 amide bonds. The van der Waals surface area contributed by atoms with Gasteiger partial charge in [0.05, 0.1) is 16.3 Å². The van der Waals surface area contributed by atoms with E-state index < -0.39 is 24.3 Å². The Morgan fingerprint density at radius 1 is 1.09 bits per heavy atom. The van der Waals surface area contributed by atoms with Crippen LogP contribution >= 0.6 is 23.2 Å². The lowest BCUT2D eigenvalue weighted by Crippen LogP contribution is -2.21. The summed E-state index contributed by atoms with van der Waals surface area (Å²) >= 11 is 11.6. The van der Waals surface area contributed by atoms with Gasteiger partial charge in [-0.2, -0.15) is 0 Å². The Kier molecular flexibility index (Phi) is 5.35. The van der Waals surface area contributed by atoms with Crippen LogP contribution in [0.1, 0.15) is 10.4 Å². The highest BCUT2D eigenvalue weighted by Gasteiger charge is 2.11. The van der Waals surface area contributed by atoms with Crippen molar-refractivity contribution in [3.63, 3.8) is 0 Å². The van der Waals surface area contributed by atoms with Gasteiger partial charge in [-0.1, -0.05) is 23.2 Å². The lowest BCUT2D eigenvalue weighted by atomic mass is 10.2. The van der Waals surface area contributed by atoms with Gasteiger partial charge < -0.3 is 10.1 Å². The van der Waals surface area contributed by atoms with Crippen LogP contribution < -0.4 is 5.32 Å². The third-order valence-corrected chi connectivity index (χ3v) is 3.17. The molecule has 2 aromatic carbocycles. The van der Waals surface area contributed by atoms with Crippen molar-refractivity contribution in [3.8, 4) is 0 Å². The number of anilines is 1. The van der Waals surface area contributed by atoms with E-state index in [0.29, 0.717) is 10.7 Å². The van der Waals surface area contributed by atoms with Gasteiger partial charge >= 0.3 is 5.97 Å². The maximum absolute atomic E-state index is 12.7. The molecule has 0 atom stereocenters. The molecular formula is C15H10Cl2FNO3. The molecule has 0 saturated heterocycles. The summed E-state index contributed by atoms with van der Waals surface area (Å²) in [5.74, 6) is -1.75. The minimum absolute atomic E-state index is 0.152. The van der Waals surface area contributed by atoms with Gasteiger partial charge in [0.25, 0.3) is 5.91 Å². The van der Waals surface area contributed by atoms with Gasteiger partial charge in [-0.15, -0.1) is 0 Å². The van der Waals surface area contributed by atoms with Gasteiger partial charge in [0.15, 0.2) is 6.61 Å². The number of ether oxygens (including phenoxy) is 1. The molecule has 0 fully saturated rings. The number of benzene rings is 2. The predicted molar refractivity (Wildman–Crippen MR) is 81.8 cm³/mol. The molecule has 2 aromatic rings. The maximum Gasteiger partial charge on any atom is 0.338 e. The fourth-order valence-electron chi connectivity index (χ4n) is 1.58. The van der Waals surface area contributed by atoms with E-state index in [1.807, 2.05) is 0 Å². The van der Waals surface area contributed by atoms with Gasteiger partial charge in [-0.3, -0.25) is 4.79 Å². The molecule has 0 aliphatic carbocycles. The van der Waals surface area contributed by atoms with Crippen LogP contribution in [0, 0.1) is 5.82 Å². The second kappa shape index (κ2) is 7.24. The first-order valence-electron chi connectivity index (χ1n) is 6.13. The quantitative estimate of drug-likeness (QED) is 0.857. The summed E-state index contributed by atoms with van der Waals surface area (Å²) < 4.78 is 17.6. The second-order valence-corrected chi connectivity index (χ2v) is 5.10. The van der Waals surface area contributed by atoms with Gasteiger partial charge in [0, 0.05) is 5.02 Å². The molecule has 0 aliphatic heterocycles. The Hall–Kier alpha value is -2.11. The summed E-state index contributed by atoms with van der Waals surface area (Å²) in [6, 6.07) is 9.37. The summed E-state index contributed by atoms with van der Waals surface area (Å²) in [5.41, 5.74) is 0.507. The molecule has 22 heavy (non-hydrogen) atoms. The smallest absolute Gasteiger partial charge is 0.338 e. The molecule has 0 saturated carbocycles. The van der Waals surface area contributed by atoms with E-state index in [2.05, 4.69) is 5.32 Å². The zero-order valence-corrected chi connectivity index (χ0v) is 12.6. The molecule has 2 rings (SSSR count). The van der Waals surface area contributed by atoms with Gasteiger partial charge in [-0.25, -0.2) is 9.18 Å². The van der Waals surface area contributed by atoms with Crippen LogP contribution in [0.5, 0.6) is 0 Å². The van der Waals surface area contributed by atoms with Crippen LogP contribution in [0.15, 0.2) is 42.5 Å². The lowest BCUT2D eigenvalue weighted by Gasteiger charge is -2.08. The molecule has 7 heteroatoms. The van der Waals surface area contributed by atoms with Crippen LogP contribution in [-0.2, 0) is 9.53 Å². The first kappa shape index (κ1) is 16.3. The normalized spacial score (nSPS) is 10.1. The molecule has 0 spiro atoms. The number of halogens is 3. The second-order valence-electron chi connectivity index (χ2n) is 4.26. The zero-order valence-electron chi connectivity index (χ0n) is 11.1. The Morgan fingerprint density at radius 2 is 1.77 bits per heavy atom. The topological polar surface area (TPSA) is 55.4 Å². The monoisotopic (exact) mass is 341 g/mol. The molecule has 1 N–H and O–H groups in total. The average Bonchev–Trinajstić information content (AvgIpc) is 2.48. The van der Waals surface area contributed by atoms with Gasteiger partial charge in [0.1, 0.15) is 5.82 Å². The van der Waals surface area contributed by atoms with E-state index in [-0.39, 0.29) is 10.6 Å². The van der Waals surface area contributed by atoms with Crippen LogP contribution in [0.3, 0.4) is 0 Å². The molecule has 114 valence electrons. The molecule has 0 radical (unpaired) electrons. The van der Waals surface area contributed by atoms with E-state index in [4.69, 9.17) is 27.9 Å². The molecule has 0 aliphatic rings. The summed E-state index contributed by atoms with van der Waals surface area (Å²) in [6.45, 7) is -0.491. The van der Waals surface area contributed by atoms with E-state index in [9.17, 15) is 14.0 Å². The van der Waals surface area contributed by atoms with Crippen molar-refractivity contribution in [2.45, 2.75) is 0 Å². The third kappa shape index (κ3) is 4.44. The zero-order chi connectivity index (χ0) is 16.1. The maximum atomic E-state index is 12.7. The Bertz CT molecular complexity index is 704. The number of rotatable bonds is 4. The van der Waals surface area contributed by atoms with Crippen LogP contribution in [-0.4, -0.2) is 18.5 Å². The van der Waals surface area contributed by atoms with Crippen molar-refractivity contribution in [3.05, 3.63) is 63.9 Å². The fraction of sp³-hybridized carbons (Fsp3) is 0.0667. The van der Waals surface area contributed by atoms with Crippen molar-refractivity contribution in [1.29, 1.82) is 0 Å². The minimum atomic E-state index is -0.725. The number of hydrogen-bond acceptors (Lipinski definition) is 3. The van der Waals surface area contributed by atoms with Crippen molar-refractivity contribution in [2.75, 3.05) is 11.9 Å². The highest BCUT2D eigenvalue weighted by atomic mass is 35.5. The predicted octanol–water partition coefficient (Wildman–Crippen LogP) is 3.93. The number of carbonyl (C=O) groups is 2. The highest BCUT2D eigenvalue weighted by Crippen LogP contribution is 2.25. The van der Waals surface area contributed by atoms with Crippen molar-refractivity contribution in [2.24, 2.45) is 0 Å². The number of carbonyl (C=O) groups excluding carboxylic acids is 2. The van der Waals surface area contributed by atoms with Crippen molar-refractivity contribution < 1.29 is 18.7 Å². The Morgan fingerprint density at radius 3 is 2.41 bits per heavy atom. The standard InChI is InChI=1S/C15H10Cl2FNO3/c16-10-3-6-13(12(17)7-10)19-14(20)8-22-15(21)9-1-4-11(18)5-2-9/h1-7H,8H2,(H,19,20). The SMILES string of the molecule is O=C(COC(=O)c1ccc(F)cc1)Nc1ccc(Cl)cc1Cl. The van der Waals surface area contributed by atoms with E-state index >= 15 is 0 Å². The lowest BCUT2D eigenvalue weighted by molar-refractivity contribution is -0.119. The number of nitrogens with one attached hydrogen (secondary N) is 1. The fourth-order valence-corrected chi connectivity index (χ4v) is 2.03. The van der Waals surface area contributed by atoms with Crippen LogP contribution in [0.25, 0.3) is 0 Å². The first-order valence-corrected chi connectivity index (χ1v) is 6.89.